The Bertz CT molecular complexity index is 383. The molecule has 0 aliphatic rings. The fourth-order valence-corrected chi connectivity index (χ4v) is 1.63. The van der Waals surface area contributed by atoms with Crippen molar-refractivity contribution in [3.63, 3.8) is 0 Å². The summed E-state index contributed by atoms with van der Waals surface area (Å²) in [6.45, 7) is 4.02. The fraction of sp³-hybridized carbons (Fsp3) is 0.417. The average molecular weight is 257 g/mol. The van der Waals surface area contributed by atoms with E-state index >= 15 is 0 Å². The first-order chi connectivity index (χ1) is 8.06. The largest absolute Gasteiger partial charge is 0.395 e. The van der Waals surface area contributed by atoms with Crippen molar-refractivity contribution in [3.05, 3.63) is 29.3 Å². The first kappa shape index (κ1) is 13.8. The Kier molecular flexibility index (Phi) is 5.25. The van der Waals surface area contributed by atoms with Gasteiger partial charge in [0.2, 0.25) is 0 Å². The fourth-order valence-electron chi connectivity index (χ4n) is 1.45. The van der Waals surface area contributed by atoms with Crippen LogP contribution < -0.4 is 5.32 Å². The van der Waals surface area contributed by atoms with Crippen molar-refractivity contribution in [1.82, 2.24) is 4.90 Å². The smallest absolute Gasteiger partial charge is 0.322 e. The lowest BCUT2D eigenvalue weighted by atomic mass is 10.3. The van der Waals surface area contributed by atoms with Gasteiger partial charge in [-0.2, -0.15) is 0 Å². The number of benzene rings is 1. The van der Waals surface area contributed by atoms with E-state index in [1.54, 1.807) is 29.2 Å². The number of hydrogen-bond donors (Lipinski definition) is 2. The van der Waals surface area contributed by atoms with Crippen molar-refractivity contribution in [1.29, 1.82) is 0 Å². The number of rotatable bonds is 4. The van der Waals surface area contributed by atoms with Gasteiger partial charge in [0.15, 0.2) is 0 Å². The zero-order valence-electron chi connectivity index (χ0n) is 9.98. The quantitative estimate of drug-likeness (QED) is 0.870. The molecule has 94 valence electrons. The van der Waals surface area contributed by atoms with E-state index in [1.807, 2.05) is 13.8 Å². The molecule has 2 amide bonds. The molecule has 5 heteroatoms. The van der Waals surface area contributed by atoms with E-state index in [0.717, 1.165) is 0 Å². The molecule has 0 atom stereocenters. The second-order valence-electron chi connectivity index (χ2n) is 3.92. The van der Waals surface area contributed by atoms with Crippen LogP contribution in [0.5, 0.6) is 0 Å². The van der Waals surface area contributed by atoms with Gasteiger partial charge in [0.05, 0.1) is 17.3 Å². The lowest BCUT2D eigenvalue weighted by molar-refractivity contribution is 0.172. The number of nitrogens with one attached hydrogen (secondary N) is 1. The minimum atomic E-state index is -0.262. The third kappa shape index (κ3) is 3.91. The topological polar surface area (TPSA) is 52.6 Å². The minimum absolute atomic E-state index is 0.0182. The molecular formula is C12H17ClN2O2. The Morgan fingerprint density at radius 3 is 2.65 bits per heavy atom. The van der Waals surface area contributed by atoms with E-state index in [2.05, 4.69) is 5.32 Å². The second kappa shape index (κ2) is 6.47. The number of para-hydroxylation sites is 1. The molecule has 0 spiro atoms. The maximum Gasteiger partial charge on any atom is 0.322 e. The molecule has 1 rings (SSSR count). The van der Waals surface area contributed by atoms with Crippen molar-refractivity contribution < 1.29 is 9.90 Å². The Hall–Kier alpha value is -1.26. The van der Waals surface area contributed by atoms with Crippen molar-refractivity contribution in [3.8, 4) is 0 Å². The van der Waals surface area contributed by atoms with E-state index in [0.29, 0.717) is 17.3 Å². The van der Waals surface area contributed by atoms with Crippen LogP contribution in [0.2, 0.25) is 5.02 Å². The van der Waals surface area contributed by atoms with Crippen molar-refractivity contribution in [2.75, 3.05) is 18.5 Å². The summed E-state index contributed by atoms with van der Waals surface area (Å²) in [5, 5.41) is 12.1. The number of aliphatic hydroxyl groups excluding tert-OH is 1. The molecule has 0 aliphatic heterocycles. The van der Waals surface area contributed by atoms with E-state index in [1.165, 1.54) is 0 Å². The summed E-state index contributed by atoms with van der Waals surface area (Å²) in [5.74, 6) is 0. The van der Waals surface area contributed by atoms with Crippen LogP contribution in [0.15, 0.2) is 24.3 Å². The van der Waals surface area contributed by atoms with Crippen molar-refractivity contribution in [2.45, 2.75) is 19.9 Å². The van der Waals surface area contributed by atoms with E-state index < -0.39 is 0 Å². The standard InChI is InChI=1S/C12H17ClN2O2/c1-9(2)15(7-8-16)12(17)14-11-6-4-3-5-10(11)13/h3-6,9,16H,7-8H2,1-2H3,(H,14,17). The van der Waals surface area contributed by atoms with Gasteiger partial charge in [-0.1, -0.05) is 23.7 Å². The van der Waals surface area contributed by atoms with E-state index in [9.17, 15) is 4.79 Å². The monoisotopic (exact) mass is 256 g/mol. The number of carbonyl (C=O) groups is 1. The van der Waals surface area contributed by atoms with E-state index in [4.69, 9.17) is 16.7 Å². The molecule has 17 heavy (non-hydrogen) atoms. The molecule has 0 heterocycles. The predicted octanol–water partition coefficient (Wildman–Crippen LogP) is 2.57. The number of anilines is 1. The zero-order valence-corrected chi connectivity index (χ0v) is 10.7. The van der Waals surface area contributed by atoms with Gasteiger partial charge in [0.1, 0.15) is 0 Å². The molecule has 0 unspecified atom stereocenters. The summed E-state index contributed by atoms with van der Waals surface area (Å²) in [4.78, 5) is 13.5. The van der Waals surface area contributed by atoms with Gasteiger partial charge in [-0.25, -0.2) is 4.79 Å². The van der Waals surface area contributed by atoms with Crippen LogP contribution in [0.1, 0.15) is 13.8 Å². The average Bonchev–Trinajstić information content (AvgIpc) is 2.28. The number of hydrogen-bond acceptors (Lipinski definition) is 2. The number of aliphatic hydroxyl groups is 1. The van der Waals surface area contributed by atoms with Crippen LogP contribution in [0, 0.1) is 0 Å². The number of nitrogens with zero attached hydrogens (tertiary/aromatic N) is 1. The molecule has 0 bridgehead atoms. The van der Waals surface area contributed by atoms with Crippen molar-refractivity contribution in [2.24, 2.45) is 0 Å². The molecule has 2 N–H and O–H groups in total. The predicted molar refractivity (Wildman–Crippen MR) is 69.4 cm³/mol. The SMILES string of the molecule is CC(C)N(CCO)C(=O)Nc1ccccc1Cl. The maximum absolute atomic E-state index is 11.9. The van der Waals surface area contributed by atoms with Gasteiger partial charge in [0.25, 0.3) is 0 Å². The third-order valence-corrected chi connectivity index (χ3v) is 2.67. The first-order valence-electron chi connectivity index (χ1n) is 5.49. The van der Waals surface area contributed by atoms with Crippen LogP contribution >= 0.6 is 11.6 Å². The van der Waals surface area contributed by atoms with Crippen LogP contribution in [0.4, 0.5) is 10.5 Å². The van der Waals surface area contributed by atoms with Gasteiger partial charge in [-0.05, 0) is 26.0 Å². The molecule has 1 aromatic carbocycles. The molecule has 0 saturated carbocycles. The Morgan fingerprint density at radius 2 is 2.12 bits per heavy atom. The summed E-state index contributed by atoms with van der Waals surface area (Å²) in [6.07, 6.45) is 0. The Labute approximate surface area is 106 Å². The molecule has 0 aliphatic carbocycles. The molecule has 4 nitrogen and oxygen atoms in total. The van der Waals surface area contributed by atoms with Crippen molar-refractivity contribution >= 4 is 23.3 Å². The van der Waals surface area contributed by atoms with Crippen LogP contribution in [0.25, 0.3) is 0 Å². The van der Waals surface area contributed by atoms with Gasteiger partial charge in [-0.15, -0.1) is 0 Å². The summed E-state index contributed by atoms with van der Waals surface area (Å²) >= 11 is 5.95. The zero-order chi connectivity index (χ0) is 12.8. The highest BCUT2D eigenvalue weighted by Gasteiger charge is 2.16. The number of urea groups is 1. The Morgan fingerprint density at radius 1 is 1.47 bits per heavy atom. The third-order valence-electron chi connectivity index (χ3n) is 2.34. The number of amides is 2. The van der Waals surface area contributed by atoms with Gasteiger partial charge < -0.3 is 15.3 Å². The van der Waals surface area contributed by atoms with Gasteiger partial charge in [0, 0.05) is 12.6 Å². The molecule has 0 fully saturated rings. The molecule has 0 radical (unpaired) electrons. The highest BCUT2D eigenvalue weighted by Crippen LogP contribution is 2.20. The van der Waals surface area contributed by atoms with Crippen LogP contribution in [-0.4, -0.2) is 35.2 Å². The highest BCUT2D eigenvalue weighted by molar-refractivity contribution is 6.33. The lowest BCUT2D eigenvalue weighted by Gasteiger charge is -2.26. The molecular weight excluding hydrogens is 240 g/mol. The lowest BCUT2D eigenvalue weighted by Crippen LogP contribution is -2.41. The summed E-state index contributed by atoms with van der Waals surface area (Å²) in [7, 11) is 0. The highest BCUT2D eigenvalue weighted by atomic mass is 35.5. The summed E-state index contributed by atoms with van der Waals surface area (Å²) < 4.78 is 0. The molecule has 0 saturated heterocycles. The van der Waals surface area contributed by atoms with Crippen LogP contribution in [-0.2, 0) is 0 Å². The summed E-state index contributed by atoms with van der Waals surface area (Å²) in [6, 6.07) is 6.80. The van der Waals surface area contributed by atoms with Gasteiger partial charge >= 0.3 is 6.03 Å². The summed E-state index contributed by atoms with van der Waals surface area (Å²) in [5.41, 5.74) is 0.572. The number of carbonyl (C=O) groups excluding carboxylic acids is 1. The van der Waals surface area contributed by atoms with Gasteiger partial charge in [-0.3, -0.25) is 0 Å². The minimum Gasteiger partial charge on any atom is -0.395 e. The molecule has 0 aromatic heterocycles. The first-order valence-corrected chi connectivity index (χ1v) is 5.87. The molecule has 1 aromatic rings. The van der Waals surface area contributed by atoms with E-state index in [-0.39, 0.29) is 18.7 Å². The number of halogens is 1. The maximum atomic E-state index is 11.9. The second-order valence-corrected chi connectivity index (χ2v) is 4.33. The van der Waals surface area contributed by atoms with Crippen LogP contribution in [0.3, 0.4) is 0 Å². The Balaban J connectivity index is 2.73. The normalized spacial score (nSPS) is 10.4.